The van der Waals surface area contributed by atoms with E-state index in [2.05, 4.69) is 22.6 Å². The third-order valence-corrected chi connectivity index (χ3v) is 5.41. The van der Waals surface area contributed by atoms with Crippen LogP contribution in [0.1, 0.15) is 9.49 Å². The van der Waals surface area contributed by atoms with Crippen molar-refractivity contribution in [2.45, 2.75) is 3.92 Å². The van der Waals surface area contributed by atoms with E-state index < -0.39 is 0 Å². The Morgan fingerprint density at radius 3 is 2.68 bits per heavy atom. The average molecular weight is 392 g/mol. The lowest BCUT2D eigenvalue weighted by atomic mass is 10.2. The number of rotatable bonds is 5. The predicted octanol–water partition coefficient (Wildman–Crippen LogP) is 1.34. The molecule has 1 heterocycles. The zero-order valence-electron chi connectivity index (χ0n) is 10.8. The van der Waals surface area contributed by atoms with E-state index in [-0.39, 0.29) is 9.89 Å². The Labute approximate surface area is 132 Å². The molecular formula is C14H19INO2S+. The zero-order valence-corrected chi connectivity index (χ0v) is 13.8. The van der Waals surface area contributed by atoms with Gasteiger partial charge >= 0.3 is 5.97 Å². The maximum Gasteiger partial charge on any atom is 0.323 e. The molecule has 1 unspecified atom stereocenters. The first-order valence-electron chi connectivity index (χ1n) is 6.54. The van der Waals surface area contributed by atoms with Gasteiger partial charge in [0.1, 0.15) is 17.1 Å². The van der Waals surface area contributed by atoms with Crippen LogP contribution in [0.4, 0.5) is 0 Å². The van der Waals surface area contributed by atoms with Crippen molar-refractivity contribution in [3.8, 4) is 0 Å². The standard InChI is InChI=1S/C14H18INO2S/c15-13(12-4-2-1-3-5-12)14(17)18-9-6-16-7-10-19-11-8-16/h1-5,13H,6-11H2/p+1. The number of alkyl halides is 1. The smallest absolute Gasteiger partial charge is 0.323 e. The van der Waals surface area contributed by atoms with Crippen molar-refractivity contribution in [2.24, 2.45) is 0 Å². The van der Waals surface area contributed by atoms with Crippen LogP contribution in [0.25, 0.3) is 0 Å². The Bertz CT molecular complexity index is 396. The van der Waals surface area contributed by atoms with Crippen molar-refractivity contribution in [3.05, 3.63) is 35.9 Å². The highest BCUT2D eigenvalue weighted by Crippen LogP contribution is 2.24. The number of carbonyl (C=O) groups is 1. The van der Waals surface area contributed by atoms with Crippen molar-refractivity contribution < 1.29 is 14.4 Å². The largest absolute Gasteiger partial charge is 0.459 e. The van der Waals surface area contributed by atoms with E-state index in [1.165, 1.54) is 24.6 Å². The minimum atomic E-state index is -0.203. The minimum Gasteiger partial charge on any atom is -0.459 e. The molecule has 0 aromatic heterocycles. The molecule has 0 spiro atoms. The SMILES string of the molecule is O=C(OCC[NH+]1CCSCC1)C(I)c1ccccc1. The van der Waals surface area contributed by atoms with Crippen LogP contribution in [0.15, 0.2) is 30.3 Å². The number of ether oxygens (including phenoxy) is 1. The van der Waals surface area contributed by atoms with E-state index in [0.717, 1.165) is 12.1 Å². The molecule has 5 heteroatoms. The highest BCUT2D eigenvalue weighted by molar-refractivity contribution is 14.1. The molecule has 3 nitrogen and oxygen atoms in total. The summed E-state index contributed by atoms with van der Waals surface area (Å²) in [5.41, 5.74) is 1.01. The van der Waals surface area contributed by atoms with E-state index in [9.17, 15) is 4.79 Å². The first kappa shape index (κ1) is 15.1. The summed E-state index contributed by atoms with van der Waals surface area (Å²) in [7, 11) is 0. The maximum absolute atomic E-state index is 11.9. The molecule has 0 aliphatic carbocycles. The van der Waals surface area contributed by atoms with Gasteiger partial charge in [0.2, 0.25) is 0 Å². The number of hydrogen-bond acceptors (Lipinski definition) is 3. The van der Waals surface area contributed by atoms with Crippen LogP contribution in [-0.4, -0.2) is 43.7 Å². The van der Waals surface area contributed by atoms with Gasteiger partial charge in [-0.1, -0.05) is 52.9 Å². The lowest BCUT2D eigenvalue weighted by molar-refractivity contribution is -0.896. The molecule has 0 radical (unpaired) electrons. The number of benzene rings is 1. The second-order valence-electron chi connectivity index (χ2n) is 4.55. The highest BCUT2D eigenvalue weighted by atomic mass is 127. The highest BCUT2D eigenvalue weighted by Gasteiger charge is 2.19. The molecule has 1 N–H and O–H groups in total. The minimum absolute atomic E-state index is 0.127. The van der Waals surface area contributed by atoms with Crippen molar-refractivity contribution in [3.63, 3.8) is 0 Å². The molecule has 1 aromatic carbocycles. The average Bonchev–Trinajstić information content (AvgIpc) is 2.48. The maximum atomic E-state index is 11.9. The van der Waals surface area contributed by atoms with Crippen LogP contribution in [0.2, 0.25) is 0 Å². The Kier molecular flexibility index (Phi) is 6.46. The van der Waals surface area contributed by atoms with Gasteiger partial charge in [0.05, 0.1) is 13.1 Å². The Morgan fingerprint density at radius 2 is 2.00 bits per heavy atom. The number of nitrogens with one attached hydrogen (secondary N) is 1. The summed E-state index contributed by atoms with van der Waals surface area (Å²) in [6.45, 7) is 3.85. The normalized spacial score (nSPS) is 17.9. The molecule has 2 rings (SSSR count). The Hall–Kier alpha value is -0.270. The van der Waals surface area contributed by atoms with Gasteiger partial charge in [-0.3, -0.25) is 4.79 Å². The van der Waals surface area contributed by atoms with Crippen LogP contribution in [0, 0.1) is 0 Å². The number of halogens is 1. The van der Waals surface area contributed by atoms with Crippen molar-refractivity contribution in [1.82, 2.24) is 0 Å². The fraction of sp³-hybridized carbons (Fsp3) is 0.500. The molecule has 1 saturated heterocycles. The van der Waals surface area contributed by atoms with E-state index in [4.69, 9.17) is 4.74 Å². The molecule has 1 aromatic rings. The van der Waals surface area contributed by atoms with Crippen LogP contribution in [0.3, 0.4) is 0 Å². The summed E-state index contributed by atoms with van der Waals surface area (Å²) in [6, 6.07) is 9.78. The lowest BCUT2D eigenvalue weighted by Gasteiger charge is -2.23. The predicted molar refractivity (Wildman–Crippen MR) is 87.1 cm³/mol. The van der Waals surface area contributed by atoms with Crippen molar-refractivity contribution in [2.75, 3.05) is 37.7 Å². The summed E-state index contributed by atoms with van der Waals surface area (Å²) in [5.74, 6) is 2.32. The number of thioether (sulfide) groups is 1. The third kappa shape index (κ3) is 4.96. The van der Waals surface area contributed by atoms with Gasteiger partial charge in [0, 0.05) is 11.5 Å². The van der Waals surface area contributed by atoms with Gasteiger partial charge in [0.25, 0.3) is 0 Å². The molecule has 1 fully saturated rings. The van der Waals surface area contributed by atoms with Crippen LogP contribution in [-0.2, 0) is 9.53 Å². The summed E-state index contributed by atoms with van der Waals surface area (Å²) in [4.78, 5) is 13.5. The number of hydrogen-bond donors (Lipinski definition) is 1. The van der Waals surface area contributed by atoms with E-state index in [0.29, 0.717) is 6.61 Å². The second kappa shape index (κ2) is 8.11. The van der Waals surface area contributed by atoms with Gasteiger partial charge in [-0.25, -0.2) is 0 Å². The summed E-state index contributed by atoms with van der Waals surface area (Å²) < 4.78 is 5.18. The number of esters is 1. The van der Waals surface area contributed by atoms with Gasteiger partial charge in [-0.05, 0) is 5.56 Å². The van der Waals surface area contributed by atoms with Gasteiger partial charge in [-0.2, -0.15) is 11.8 Å². The fourth-order valence-corrected chi connectivity index (χ4v) is 3.70. The molecule has 19 heavy (non-hydrogen) atoms. The number of carbonyl (C=O) groups excluding carboxylic acids is 1. The first-order valence-corrected chi connectivity index (χ1v) is 8.94. The first-order chi connectivity index (χ1) is 9.27. The Balaban J connectivity index is 1.72. The molecule has 1 aliphatic rings. The van der Waals surface area contributed by atoms with E-state index in [1.54, 1.807) is 4.90 Å². The van der Waals surface area contributed by atoms with E-state index >= 15 is 0 Å². The molecule has 0 saturated carbocycles. The lowest BCUT2D eigenvalue weighted by Crippen LogP contribution is -3.14. The molecular weight excluding hydrogens is 373 g/mol. The van der Waals surface area contributed by atoms with Crippen molar-refractivity contribution >= 4 is 40.3 Å². The summed E-state index contributed by atoms with van der Waals surface area (Å²) in [5, 5.41) is 0. The van der Waals surface area contributed by atoms with Crippen LogP contribution >= 0.6 is 34.4 Å². The van der Waals surface area contributed by atoms with Crippen molar-refractivity contribution in [1.29, 1.82) is 0 Å². The van der Waals surface area contributed by atoms with Gasteiger partial charge in [-0.15, -0.1) is 0 Å². The van der Waals surface area contributed by atoms with E-state index in [1.807, 2.05) is 42.1 Å². The second-order valence-corrected chi connectivity index (χ2v) is 7.02. The molecule has 0 bridgehead atoms. The zero-order chi connectivity index (χ0) is 13.5. The quantitative estimate of drug-likeness (QED) is 0.466. The Morgan fingerprint density at radius 1 is 1.32 bits per heavy atom. The topological polar surface area (TPSA) is 30.7 Å². The summed E-state index contributed by atoms with van der Waals surface area (Å²) in [6.07, 6.45) is 0. The van der Waals surface area contributed by atoms with Crippen LogP contribution < -0.4 is 4.90 Å². The van der Waals surface area contributed by atoms with Gasteiger partial charge < -0.3 is 9.64 Å². The molecule has 1 aliphatic heterocycles. The van der Waals surface area contributed by atoms with Gasteiger partial charge in [0.15, 0.2) is 0 Å². The molecule has 0 amide bonds. The fourth-order valence-electron chi connectivity index (χ4n) is 2.04. The molecule has 104 valence electrons. The van der Waals surface area contributed by atoms with Crippen LogP contribution in [0.5, 0.6) is 0 Å². The third-order valence-electron chi connectivity index (χ3n) is 3.20. The number of quaternary nitrogens is 1. The summed E-state index contributed by atoms with van der Waals surface area (Å²) >= 11 is 4.15. The monoisotopic (exact) mass is 392 g/mol. The molecule has 1 atom stereocenters.